The maximum absolute atomic E-state index is 12.7. The molecule has 0 saturated heterocycles. The highest BCUT2D eigenvalue weighted by Crippen LogP contribution is 2.22. The van der Waals surface area contributed by atoms with Crippen molar-refractivity contribution in [3.05, 3.63) is 36.0 Å². The lowest BCUT2D eigenvalue weighted by molar-refractivity contribution is -0.133. The summed E-state index contributed by atoms with van der Waals surface area (Å²) in [6, 6.07) is 8.53. The summed E-state index contributed by atoms with van der Waals surface area (Å²) in [5, 5.41) is 1.18. The second-order valence-corrected chi connectivity index (χ2v) is 6.12. The maximum atomic E-state index is 12.7. The van der Waals surface area contributed by atoms with Gasteiger partial charge in [-0.25, -0.2) is 0 Å². The summed E-state index contributed by atoms with van der Waals surface area (Å²) in [5.41, 5.74) is 2.30. The first-order chi connectivity index (χ1) is 9.95. The highest BCUT2D eigenvalue weighted by atomic mass is 16.2. The Labute approximate surface area is 127 Å². The molecule has 1 aromatic heterocycles. The summed E-state index contributed by atoms with van der Waals surface area (Å²) >= 11 is 0. The fraction of sp³-hybridized carbons (Fsp3) is 0.500. The average Bonchev–Trinajstić information content (AvgIpc) is 2.76. The number of aromatic nitrogens is 1. The van der Waals surface area contributed by atoms with Crippen molar-refractivity contribution in [2.75, 3.05) is 6.54 Å². The van der Waals surface area contributed by atoms with E-state index < -0.39 is 0 Å². The van der Waals surface area contributed by atoms with Crippen LogP contribution < -0.4 is 0 Å². The van der Waals surface area contributed by atoms with Gasteiger partial charge in [0.25, 0.3) is 0 Å². The van der Waals surface area contributed by atoms with Gasteiger partial charge in [-0.2, -0.15) is 0 Å². The van der Waals surface area contributed by atoms with Gasteiger partial charge < -0.3 is 9.47 Å². The number of rotatable bonds is 5. The van der Waals surface area contributed by atoms with Gasteiger partial charge in [0.2, 0.25) is 5.91 Å². The minimum Gasteiger partial charge on any atom is -0.350 e. The zero-order valence-corrected chi connectivity index (χ0v) is 13.8. The molecule has 0 bridgehead atoms. The largest absolute Gasteiger partial charge is 0.350 e. The normalized spacial score (nSPS) is 12.9. The SMILES string of the molecule is CCN(C(=O)Cc1cn(C)c2ccccc12)C(C)C(C)C. The van der Waals surface area contributed by atoms with Gasteiger partial charge in [-0.15, -0.1) is 0 Å². The summed E-state index contributed by atoms with van der Waals surface area (Å²) in [6.45, 7) is 9.29. The standard InChI is InChI=1S/C18H26N2O/c1-6-20(14(4)13(2)3)18(21)11-15-12-19(5)17-10-8-7-9-16(15)17/h7-10,12-14H,6,11H2,1-5H3. The lowest BCUT2D eigenvalue weighted by Crippen LogP contribution is -2.42. The molecule has 0 spiro atoms. The molecule has 0 radical (unpaired) electrons. The molecule has 0 N–H and O–H groups in total. The summed E-state index contributed by atoms with van der Waals surface area (Å²) in [4.78, 5) is 14.7. The Morgan fingerprint density at radius 2 is 1.90 bits per heavy atom. The minimum atomic E-state index is 0.218. The number of benzene rings is 1. The van der Waals surface area contributed by atoms with E-state index in [-0.39, 0.29) is 11.9 Å². The molecular weight excluding hydrogens is 260 g/mol. The molecule has 0 aliphatic heterocycles. The fourth-order valence-corrected chi connectivity index (χ4v) is 2.88. The summed E-state index contributed by atoms with van der Waals surface area (Å²) in [5.74, 6) is 0.691. The third-order valence-corrected chi connectivity index (χ3v) is 4.44. The Morgan fingerprint density at radius 3 is 2.52 bits per heavy atom. The molecule has 0 aliphatic rings. The van der Waals surface area contributed by atoms with Gasteiger partial charge in [0.05, 0.1) is 6.42 Å². The topological polar surface area (TPSA) is 25.2 Å². The summed E-state index contributed by atoms with van der Waals surface area (Å²) in [6.07, 6.45) is 2.56. The maximum Gasteiger partial charge on any atom is 0.227 e. The molecule has 2 aromatic rings. The molecule has 1 heterocycles. The van der Waals surface area contributed by atoms with E-state index in [1.165, 1.54) is 10.9 Å². The lowest BCUT2D eigenvalue weighted by Gasteiger charge is -2.31. The van der Waals surface area contributed by atoms with Crippen LogP contribution in [-0.2, 0) is 18.3 Å². The number of para-hydroxylation sites is 1. The molecule has 2 rings (SSSR count). The summed E-state index contributed by atoms with van der Waals surface area (Å²) < 4.78 is 2.10. The van der Waals surface area contributed by atoms with E-state index in [1.807, 2.05) is 24.1 Å². The van der Waals surface area contributed by atoms with Crippen LogP contribution in [0.4, 0.5) is 0 Å². The predicted octanol–water partition coefficient (Wildman–Crippen LogP) is 3.61. The van der Waals surface area contributed by atoms with Crippen LogP contribution >= 0.6 is 0 Å². The van der Waals surface area contributed by atoms with Crippen molar-refractivity contribution < 1.29 is 4.79 Å². The van der Waals surface area contributed by atoms with Gasteiger partial charge in [0.1, 0.15) is 0 Å². The number of carbonyl (C=O) groups is 1. The first-order valence-electron chi connectivity index (χ1n) is 7.78. The zero-order chi connectivity index (χ0) is 15.6. The monoisotopic (exact) mass is 286 g/mol. The van der Waals surface area contributed by atoms with Crippen LogP contribution in [0.25, 0.3) is 10.9 Å². The van der Waals surface area contributed by atoms with Gasteiger partial charge in [0, 0.05) is 36.7 Å². The number of aryl methyl sites for hydroxylation is 1. The van der Waals surface area contributed by atoms with Crippen molar-refractivity contribution in [2.24, 2.45) is 13.0 Å². The van der Waals surface area contributed by atoms with Crippen LogP contribution in [0.2, 0.25) is 0 Å². The number of amides is 1. The molecule has 0 fully saturated rings. The van der Waals surface area contributed by atoms with Crippen molar-refractivity contribution in [1.82, 2.24) is 9.47 Å². The highest BCUT2D eigenvalue weighted by molar-refractivity contribution is 5.89. The first-order valence-corrected chi connectivity index (χ1v) is 7.78. The molecule has 0 saturated carbocycles. The lowest BCUT2D eigenvalue weighted by atomic mass is 10.0. The van der Waals surface area contributed by atoms with Crippen molar-refractivity contribution >= 4 is 16.8 Å². The quantitative estimate of drug-likeness (QED) is 0.824. The smallest absolute Gasteiger partial charge is 0.227 e. The van der Waals surface area contributed by atoms with Crippen molar-refractivity contribution in [2.45, 2.75) is 40.2 Å². The van der Waals surface area contributed by atoms with Crippen LogP contribution in [0, 0.1) is 5.92 Å². The van der Waals surface area contributed by atoms with Crippen molar-refractivity contribution in [3.63, 3.8) is 0 Å². The number of hydrogen-bond acceptors (Lipinski definition) is 1. The average molecular weight is 286 g/mol. The Hall–Kier alpha value is -1.77. The van der Waals surface area contributed by atoms with Crippen LogP contribution in [0.3, 0.4) is 0 Å². The molecule has 1 aromatic carbocycles. The third kappa shape index (κ3) is 3.12. The second-order valence-electron chi connectivity index (χ2n) is 6.12. The van der Waals surface area contributed by atoms with Crippen LogP contribution in [0.5, 0.6) is 0 Å². The van der Waals surface area contributed by atoms with Gasteiger partial charge in [0.15, 0.2) is 0 Å². The minimum absolute atomic E-state index is 0.218. The fourth-order valence-electron chi connectivity index (χ4n) is 2.88. The van der Waals surface area contributed by atoms with Gasteiger partial charge >= 0.3 is 0 Å². The molecular formula is C18H26N2O. The van der Waals surface area contributed by atoms with Gasteiger partial charge in [-0.05, 0) is 31.4 Å². The van der Waals surface area contributed by atoms with E-state index in [0.29, 0.717) is 12.3 Å². The van der Waals surface area contributed by atoms with Crippen LogP contribution in [0.15, 0.2) is 30.5 Å². The van der Waals surface area contributed by atoms with Crippen LogP contribution in [0.1, 0.15) is 33.3 Å². The van der Waals surface area contributed by atoms with Crippen LogP contribution in [-0.4, -0.2) is 28.0 Å². The van der Waals surface area contributed by atoms with E-state index in [2.05, 4.69) is 50.6 Å². The molecule has 3 heteroatoms. The third-order valence-electron chi connectivity index (χ3n) is 4.44. The molecule has 114 valence electrons. The molecule has 1 amide bonds. The van der Waals surface area contributed by atoms with E-state index in [9.17, 15) is 4.79 Å². The predicted molar refractivity (Wildman–Crippen MR) is 88.3 cm³/mol. The zero-order valence-electron chi connectivity index (χ0n) is 13.8. The molecule has 0 aliphatic carbocycles. The number of carbonyl (C=O) groups excluding carboxylic acids is 1. The Bertz CT molecular complexity index is 627. The Balaban J connectivity index is 2.25. The second kappa shape index (κ2) is 6.33. The van der Waals surface area contributed by atoms with Gasteiger partial charge in [-0.3, -0.25) is 4.79 Å². The van der Waals surface area contributed by atoms with Crippen molar-refractivity contribution in [3.8, 4) is 0 Å². The molecule has 1 unspecified atom stereocenters. The number of nitrogens with zero attached hydrogens (tertiary/aromatic N) is 2. The van der Waals surface area contributed by atoms with E-state index in [4.69, 9.17) is 0 Å². The Kier molecular flexibility index (Phi) is 4.71. The number of hydrogen-bond donors (Lipinski definition) is 0. The number of likely N-dealkylation sites (N-methyl/N-ethyl adjacent to an activating group) is 1. The molecule has 3 nitrogen and oxygen atoms in total. The number of fused-ring (bicyclic) bond motifs is 1. The highest BCUT2D eigenvalue weighted by Gasteiger charge is 2.22. The summed E-state index contributed by atoms with van der Waals surface area (Å²) in [7, 11) is 2.03. The van der Waals surface area contributed by atoms with E-state index >= 15 is 0 Å². The Morgan fingerprint density at radius 1 is 1.24 bits per heavy atom. The molecule has 21 heavy (non-hydrogen) atoms. The van der Waals surface area contributed by atoms with Gasteiger partial charge in [-0.1, -0.05) is 32.0 Å². The van der Waals surface area contributed by atoms with E-state index in [1.54, 1.807) is 0 Å². The van der Waals surface area contributed by atoms with Crippen molar-refractivity contribution in [1.29, 1.82) is 0 Å². The molecule has 1 atom stereocenters. The first kappa shape index (κ1) is 15.6. The van der Waals surface area contributed by atoms with E-state index in [0.717, 1.165) is 12.1 Å².